The highest BCUT2D eigenvalue weighted by Gasteiger charge is 2.09. The lowest BCUT2D eigenvalue weighted by molar-refractivity contribution is 0.0946. The van der Waals surface area contributed by atoms with Crippen LogP contribution >= 0.6 is 0 Å². The number of nitrogens with two attached hydrogens (primary N) is 1. The minimum atomic E-state index is -0.0303. The Morgan fingerprint density at radius 3 is 2.78 bits per heavy atom. The molecular weight excluding hydrogens is 224 g/mol. The molecule has 0 bridgehead atoms. The van der Waals surface area contributed by atoms with Gasteiger partial charge < -0.3 is 11.1 Å². The summed E-state index contributed by atoms with van der Waals surface area (Å²) in [4.78, 5) is 11.9. The van der Waals surface area contributed by atoms with Gasteiger partial charge in [-0.3, -0.25) is 4.79 Å². The van der Waals surface area contributed by atoms with Crippen LogP contribution in [0.2, 0.25) is 0 Å². The normalized spacial score (nSPS) is 12.1. The van der Waals surface area contributed by atoms with Crippen molar-refractivity contribution in [2.24, 2.45) is 5.92 Å². The largest absolute Gasteiger partial charge is 0.399 e. The van der Waals surface area contributed by atoms with E-state index in [0.29, 0.717) is 17.2 Å². The zero-order chi connectivity index (χ0) is 13.4. The SMILES string of the molecule is CCCCC(CC)CNC(=O)c1cccc(N)c1. The number of benzene rings is 1. The topological polar surface area (TPSA) is 55.1 Å². The van der Waals surface area contributed by atoms with Crippen molar-refractivity contribution in [3.63, 3.8) is 0 Å². The molecule has 100 valence electrons. The van der Waals surface area contributed by atoms with Crippen LogP contribution in [-0.2, 0) is 0 Å². The highest BCUT2D eigenvalue weighted by Crippen LogP contribution is 2.12. The fourth-order valence-electron chi connectivity index (χ4n) is 1.96. The number of carbonyl (C=O) groups is 1. The third kappa shape index (κ3) is 4.78. The first-order valence-electron chi connectivity index (χ1n) is 6.81. The first-order valence-corrected chi connectivity index (χ1v) is 6.81. The molecule has 0 saturated heterocycles. The molecule has 0 aliphatic rings. The summed E-state index contributed by atoms with van der Waals surface area (Å²) in [6.45, 7) is 5.12. The Morgan fingerprint density at radius 2 is 2.17 bits per heavy atom. The highest BCUT2D eigenvalue weighted by molar-refractivity contribution is 5.94. The molecule has 1 atom stereocenters. The maximum Gasteiger partial charge on any atom is 0.251 e. The lowest BCUT2D eigenvalue weighted by Crippen LogP contribution is -2.29. The van der Waals surface area contributed by atoms with Gasteiger partial charge in [-0.25, -0.2) is 0 Å². The summed E-state index contributed by atoms with van der Waals surface area (Å²) in [5.41, 5.74) is 6.93. The highest BCUT2D eigenvalue weighted by atomic mass is 16.1. The van der Waals surface area contributed by atoms with E-state index >= 15 is 0 Å². The molecular formula is C15H24N2O. The fraction of sp³-hybridized carbons (Fsp3) is 0.533. The quantitative estimate of drug-likeness (QED) is 0.728. The smallest absolute Gasteiger partial charge is 0.251 e. The molecule has 1 aromatic rings. The molecule has 1 rings (SSSR count). The molecule has 0 fully saturated rings. The van der Waals surface area contributed by atoms with Gasteiger partial charge >= 0.3 is 0 Å². The number of unbranched alkanes of at least 4 members (excludes halogenated alkanes) is 1. The summed E-state index contributed by atoms with van der Waals surface area (Å²) < 4.78 is 0. The van der Waals surface area contributed by atoms with Gasteiger partial charge in [0, 0.05) is 17.8 Å². The van der Waals surface area contributed by atoms with Crippen LogP contribution in [0, 0.1) is 5.92 Å². The van der Waals surface area contributed by atoms with Crippen LogP contribution in [0.3, 0.4) is 0 Å². The first-order chi connectivity index (χ1) is 8.67. The van der Waals surface area contributed by atoms with E-state index in [1.54, 1.807) is 24.3 Å². The Hall–Kier alpha value is -1.51. The lowest BCUT2D eigenvalue weighted by atomic mass is 9.99. The summed E-state index contributed by atoms with van der Waals surface area (Å²) in [5.74, 6) is 0.548. The molecule has 0 spiro atoms. The Bertz CT molecular complexity index is 377. The average Bonchev–Trinajstić information content (AvgIpc) is 2.38. The number of hydrogen-bond donors (Lipinski definition) is 2. The predicted molar refractivity (Wildman–Crippen MR) is 76.5 cm³/mol. The van der Waals surface area contributed by atoms with Crippen molar-refractivity contribution in [1.29, 1.82) is 0 Å². The van der Waals surface area contributed by atoms with Crippen molar-refractivity contribution in [3.05, 3.63) is 29.8 Å². The zero-order valence-electron chi connectivity index (χ0n) is 11.4. The standard InChI is InChI=1S/C15H24N2O/c1-3-5-7-12(4-2)11-17-15(18)13-8-6-9-14(16)10-13/h6,8-10,12H,3-5,7,11,16H2,1-2H3,(H,17,18). The zero-order valence-corrected chi connectivity index (χ0v) is 11.4. The molecule has 0 saturated carbocycles. The molecule has 3 N–H and O–H groups in total. The number of hydrogen-bond acceptors (Lipinski definition) is 2. The van der Waals surface area contributed by atoms with Crippen LogP contribution in [-0.4, -0.2) is 12.5 Å². The minimum absolute atomic E-state index is 0.0303. The van der Waals surface area contributed by atoms with E-state index in [2.05, 4.69) is 19.2 Å². The van der Waals surface area contributed by atoms with E-state index in [4.69, 9.17) is 5.73 Å². The van der Waals surface area contributed by atoms with Crippen molar-refractivity contribution in [2.75, 3.05) is 12.3 Å². The summed E-state index contributed by atoms with van der Waals surface area (Å²) in [6, 6.07) is 7.09. The molecule has 3 heteroatoms. The van der Waals surface area contributed by atoms with Crippen molar-refractivity contribution in [2.45, 2.75) is 39.5 Å². The predicted octanol–water partition coefficient (Wildman–Crippen LogP) is 3.22. The van der Waals surface area contributed by atoms with Gasteiger partial charge in [0.05, 0.1) is 0 Å². The van der Waals surface area contributed by atoms with Gasteiger partial charge in [-0.2, -0.15) is 0 Å². The molecule has 0 radical (unpaired) electrons. The van der Waals surface area contributed by atoms with Gasteiger partial charge in [-0.05, 0) is 30.5 Å². The van der Waals surface area contributed by atoms with E-state index in [0.717, 1.165) is 13.0 Å². The van der Waals surface area contributed by atoms with Gasteiger partial charge in [0.1, 0.15) is 0 Å². The Morgan fingerprint density at radius 1 is 1.39 bits per heavy atom. The number of anilines is 1. The van der Waals surface area contributed by atoms with Crippen LogP contribution in [0.25, 0.3) is 0 Å². The molecule has 0 aliphatic carbocycles. The van der Waals surface area contributed by atoms with Gasteiger partial charge in [-0.1, -0.05) is 39.2 Å². The lowest BCUT2D eigenvalue weighted by Gasteiger charge is -2.15. The van der Waals surface area contributed by atoms with Crippen LogP contribution in [0.15, 0.2) is 24.3 Å². The third-order valence-electron chi connectivity index (χ3n) is 3.24. The second-order valence-corrected chi connectivity index (χ2v) is 4.75. The summed E-state index contributed by atoms with van der Waals surface area (Å²) in [5, 5.41) is 2.99. The van der Waals surface area contributed by atoms with Crippen LogP contribution in [0.5, 0.6) is 0 Å². The van der Waals surface area contributed by atoms with E-state index in [9.17, 15) is 4.79 Å². The first kappa shape index (κ1) is 14.6. The molecule has 0 heterocycles. The van der Waals surface area contributed by atoms with Gasteiger partial charge in [0.15, 0.2) is 0 Å². The molecule has 3 nitrogen and oxygen atoms in total. The van der Waals surface area contributed by atoms with Crippen LogP contribution in [0.1, 0.15) is 49.9 Å². The average molecular weight is 248 g/mol. The monoisotopic (exact) mass is 248 g/mol. The molecule has 1 unspecified atom stereocenters. The summed E-state index contributed by atoms with van der Waals surface area (Å²) >= 11 is 0. The van der Waals surface area contributed by atoms with Crippen molar-refractivity contribution < 1.29 is 4.79 Å². The number of amides is 1. The van der Waals surface area contributed by atoms with E-state index < -0.39 is 0 Å². The maximum absolute atomic E-state index is 11.9. The fourth-order valence-corrected chi connectivity index (χ4v) is 1.96. The van der Waals surface area contributed by atoms with Crippen molar-refractivity contribution in [3.8, 4) is 0 Å². The van der Waals surface area contributed by atoms with Crippen LogP contribution in [0.4, 0.5) is 5.69 Å². The number of carbonyl (C=O) groups excluding carboxylic acids is 1. The Balaban J connectivity index is 2.44. The van der Waals surface area contributed by atoms with Gasteiger partial charge in [0.2, 0.25) is 0 Å². The number of nitrogen functional groups attached to an aromatic ring is 1. The van der Waals surface area contributed by atoms with Gasteiger partial charge in [-0.15, -0.1) is 0 Å². The van der Waals surface area contributed by atoms with E-state index in [1.165, 1.54) is 19.3 Å². The molecule has 0 aromatic heterocycles. The number of rotatable bonds is 7. The Labute approximate surface area is 110 Å². The summed E-state index contributed by atoms with van der Waals surface area (Å²) in [6.07, 6.45) is 4.73. The summed E-state index contributed by atoms with van der Waals surface area (Å²) in [7, 11) is 0. The van der Waals surface area contributed by atoms with E-state index in [-0.39, 0.29) is 5.91 Å². The van der Waals surface area contributed by atoms with Crippen molar-refractivity contribution in [1.82, 2.24) is 5.32 Å². The second-order valence-electron chi connectivity index (χ2n) is 4.75. The molecule has 1 amide bonds. The molecule has 18 heavy (non-hydrogen) atoms. The van der Waals surface area contributed by atoms with Crippen molar-refractivity contribution >= 4 is 11.6 Å². The maximum atomic E-state index is 11.9. The molecule has 0 aliphatic heterocycles. The number of nitrogens with one attached hydrogen (secondary N) is 1. The van der Waals surface area contributed by atoms with E-state index in [1.807, 2.05) is 0 Å². The third-order valence-corrected chi connectivity index (χ3v) is 3.24. The minimum Gasteiger partial charge on any atom is -0.399 e. The van der Waals surface area contributed by atoms with Gasteiger partial charge in [0.25, 0.3) is 5.91 Å². The second kappa shape index (κ2) is 7.75. The Kier molecular flexibility index (Phi) is 6.26. The molecule has 1 aromatic carbocycles. The van der Waals surface area contributed by atoms with Crippen LogP contribution < -0.4 is 11.1 Å².